The topological polar surface area (TPSA) is 627 Å². The van der Waals surface area contributed by atoms with E-state index in [1.807, 2.05) is 6.92 Å². The lowest BCUT2D eigenvalue weighted by Crippen LogP contribution is -2.63. The highest BCUT2D eigenvalue weighted by molar-refractivity contribution is 6.00. The molecule has 1 fully saturated rings. The number of hydrogen-bond donors (Lipinski definition) is 21. The average molecular weight is 1460 g/mol. The molecule has 1 aliphatic rings. The van der Waals surface area contributed by atoms with Crippen molar-refractivity contribution in [2.24, 2.45) is 39.6 Å². The van der Waals surface area contributed by atoms with Crippen LogP contribution in [0.3, 0.4) is 0 Å². The summed E-state index contributed by atoms with van der Waals surface area (Å²) in [4.78, 5) is 201. The molecule has 0 radical (unpaired) electrons. The van der Waals surface area contributed by atoms with Crippen molar-refractivity contribution in [1.29, 1.82) is 0 Å². The number of H-pyrrole nitrogens is 1. The van der Waals surface area contributed by atoms with Crippen molar-refractivity contribution in [3.05, 3.63) is 83.9 Å². The second-order valence-corrected chi connectivity index (χ2v) is 25.3. The standard InChI is InChI=1S/C66H100N20O18/c1-6-34(2)52(83-56(94)42(68)28-40-30-72-33-76-40)62(100)75-32-51(92)86-25-13-18-48(86)61(99)74-31-50(91)78-43(17-12-24-73-66(70)71)57(95)77-35(3)55(93)80-45(26-38-14-8-7-9-15-38)59(97)81-46(27-39-19-21-41(89)22-20-39)60(98)84-54(37(5)88)64(102)85-53(36(4)87)63(101)79-44(16-10-11-23-67)58(96)82-47(65(103)104)29-49(69)90/h7-9,14-15,19-22,30,33-37,42-48,52-54,87-89H,6,10-13,16-18,23-29,31-32,67-68H2,1-5H3,(H2,69,90)(H,72,76)(H,74,99)(H,75,100)(H,77,95)(H,78,91)(H,79,101)(H,80,93)(H,81,97)(H,82,96)(H,83,94)(H,84,98)(H,85,102)(H,103,104)(H4,70,71,73)/t34-,35-,36+,37+,42-,43-,44-,45-,46-,47-,48-,52-,53-,54-/m0/s1. The number of unbranched alkanes of at least 4 members (excludes halogenated alkanes) is 1. The lowest BCUT2D eigenvalue weighted by Gasteiger charge is -2.29. The van der Waals surface area contributed by atoms with Crippen molar-refractivity contribution in [3.8, 4) is 5.75 Å². The average Bonchev–Trinajstić information content (AvgIpc) is 1.62. The summed E-state index contributed by atoms with van der Waals surface area (Å²) in [5.74, 6) is -14.5. The minimum atomic E-state index is -1.95. The van der Waals surface area contributed by atoms with Gasteiger partial charge in [0, 0.05) is 44.2 Å². The van der Waals surface area contributed by atoms with E-state index in [1.165, 1.54) is 48.6 Å². The predicted molar refractivity (Wildman–Crippen MR) is 373 cm³/mol. The summed E-state index contributed by atoms with van der Waals surface area (Å²) in [6.45, 7) is 6.09. The molecular formula is C66H100N20O18. The van der Waals surface area contributed by atoms with E-state index in [-0.39, 0.29) is 88.6 Å². The highest BCUT2D eigenvalue weighted by Gasteiger charge is 2.39. The third-order valence-electron chi connectivity index (χ3n) is 16.8. The van der Waals surface area contributed by atoms with Gasteiger partial charge in [-0.2, -0.15) is 0 Å². The van der Waals surface area contributed by atoms with Gasteiger partial charge in [0.25, 0.3) is 0 Å². The molecule has 0 aliphatic carbocycles. The molecule has 26 N–H and O–H groups in total. The predicted octanol–water partition coefficient (Wildman–Crippen LogP) is -6.97. The number of aliphatic imine (C=N–C) groups is 1. The van der Waals surface area contributed by atoms with E-state index in [2.05, 4.69) is 73.4 Å². The number of guanidine groups is 1. The van der Waals surface area contributed by atoms with Gasteiger partial charge in [-0.3, -0.25) is 67.3 Å². The zero-order chi connectivity index (χ0) is 77.3. The summed E-state index contributed by atoms with van der Waals surface area (Å²) < 4.78 is 0. The number of aromatic amines is 1. The Bertz CT molecular complexity index is 3430. The Morgan fingerprint density at radius 2 is 1.14 bits per heavy atom. The maximum atomic E-state index is 14.7. The molecule has 1 saturated heterocycles. The van der Waals surface area contributed by atoms with E-state index >= 15 is 0 Å². The number of nitrogens with one attached hydrogen (secondary N) is 12. The molecule has 0 spiro atoms. The molecule has 38 heteroatoms. The molecule has 4 rings (SSSR count). The summed E-state index contributed by atoms with van der Waals surface area (Å²) >= 11 is 0. The highest BCUT2D eigenvalue weighted by Crippen LogP contribution is 2.19. The summed E-state index contributed by atoms with van der Waals surface area (Å²) in [7, 11) is 0. The van der Waals surface area contributed by atoms with Crippen LogP contribution in [0.15, 0.2) is 72.1 Å². The fourth-order valence-electron chi connectivity index (χ4n) is 10.8. The summed E-state index contributed by atoms with van der Waals surface area (Å²) in [6.07, 6.45) is -0.363. The van der Waals surface area contributed by atoms with Gasteiger partial charge in [-0.25, -0.2) is 9.78 Å². The number of carboxylic acids is 1. The van der Waals surface area contributed by atoms with Crippen LogP contribution >= 0.6 is 0 Å². The van der Waals surface area contributed by atoms with Crippen LogP contribution in [0.25, 0.3) is 0 Å². The van der Waals surface area contributed by atoms with Crippen LogP contribution in [-0.2, 0) is 86.4 Å². The summed E-state index contributed by atoms with van der Waals surface area (Å²) in [5, 5.41) is 68.5. The molecule has 38 nitrogen and oxygen atoms in total. The zero-order valence-electron chi connectivity index (χ0n) is 58.7. The number of carbonyl (C=O) groups is 14. The summed E-state index contributed by atoms with van der Waals surface area (Å²) in [5.41, 5.74) is 29.3. The number of phenols is 1. The van der Waals surface area contributed by atoms with Crippen LogP contribution in [0.2, 0.25) is 0 Å². The lowest BCUT2D eigenvalue weighted by atomic mass is 9.97. The Hall–Kier alpha value is -10.9. The number of aromatic nitrogens is 2. The maximum Gasteiger partial charge on any atom is 0.326 e. The molecule has 14 atom stereocenters. The van der Waals surface area contributed by atoms with Gasteiger partial charge in [0.05, 0.1) is 44.1 Å². The first kappa shape index (κ1) is 85.6. The number of rotatable bonds is 44. The van der Waals surface area contributed by atoms with Gasteiger partial charge < -0.3 is 117 Å². The first-order valence-corrected chi connectivity index (χ1v) is 34.0. The molecular weight excluding hydrogens is 1360 g/mol. The van der Waals surface area contributed by atoms with Gasteiger partial charge in [-0.05, 0) is 101 Å². The normalized spacial score (nSPS) is 16.3. The van der Waals surface area contributed by atoms with Gasteiger partial charge >= 0.3 is 5.97 Å². The highest BCUT2D eigenvalue weighted by atomic mass is 16.4. The molecule has 104 heavy (non-hydrogen) atoms. The molecule has 1 aliphatic heterocycles. The number of nitrogens with zero attached hydrogens (tertiary/aromatic N) is 3. The number of aliphatic hydroxyl groups excluding tert-OH is 2. The van der Waals surface area contributed by atoms with Gasteiger partial charge in [0.2, 0.25) is 76.8 Å². The Morgan fingerprint density at radius 1 is 0.606 bits per heavy atom. The van der Waals surface area contributed by atoms with Crippen molar-refractivity contribution >= 4 is 88.7 Å². The fraction of sp³-hybridized carbons (Fsp3) is 0.545. The second-order valence-electron chi connectivity index (χ2n) is 25.3. The quantitative estimate of drug-likeness (QED) is 0.0142. The van der Waals surface area contributed by atoms with Gasteiger partial charge in [-0.15, -0.1) is 0 Å². The number of nitrogens with two attached hydrogens (primary N) is 5. The maximum absolute atomic E-state index is 14.7. The Kier molecular flexibility index (Phi) is 35.5. The minimum absolute atomic E-state index is 0.00546. The molecule has 13 amide bonds. The van der Waals surface area contributed by atoms with Crippen LogP contribution in [0.5, 0.6) is 5.75 Å². The first-order valence-electron chi connectivity index (χ1n) is 34.0. The number of imidazole rings is 1. The minimum Gasteiger partial charge on any atom is -0.508 e. The number of aromatic hydroxyl groups is 1. The molecule has 0 unspecified atom stereocenters. The van der Waals surface area contributed by atoms with E-state index in [0.717, 1.165) is 13.8 Å². The van der Waals surface area contributed by atoms with E-state index in [1.54, 1.807) is 37.3 Å². The monoisotopic (exact) mass is 1460 g/mol. The number of carbonyl (C=O) groups excluding carboxylic acids is 13. The van der Waals surface area contributed by atoms with Crippen LogP contribution in [0.1, 0.15) is 109 Å². The molecule has 0 saturated carbocycles. The molecule has 2 aromatic carbocycles. The van der Waals surface area contributed by atoms with Crippen molar-refractivity contribution < 1.29 is 87.5 Å². The number of amides is 13. The molecule has 1 aromatic heterocycles. The number of phenolic OH excluding ortho intramolecular Hbond substituents is 1. The summed E-state index contributed by atoms with van der Waals surface area (Å²) in [6, 6.07) is -2.77. The number of carboxylic acid groups (broad SMARTS) is 1. The zero-order valence-corrected chi connectivity index (χ0v) is 58.7. The number of hydrogen-bond acceptors (Lipinski definition) is 21. The molecule has 572 valence electrons. The van der Waals surface area contributed by atoms with Crippen LogP contribution in [0.4, 0.5) is 0 Å². The van der Waals surface area contributed by atoms with Crippen molar-refractivity contribution in [2.75, 3.05) is 32.7 Å². The fourth-order valence-corrected chi connectivity index (χ4v) is 10.8. The molecule has 3 aromatic rings. The van der Waals surface area contributed by atoms with Crippen molar-refractivity contribution in [3.63, 3.8) is 0 Å². The third-order valence-corrected chi connectivity index (χ3v) is 16.8. The van der Waals surface area contributed by atoms with E-state index in [0.29, 0.717) is 36.1 Å². The lowest BCUT2D eigenvalue weighted by molar-refractivity contribution is -0.144. The number of aliphatic carboxylic acids is 1. The van der Waals surface area contributed by atoms with Crippen molar-refractivity contribution in [2.45, 2.75) is 190 Å². The van der Waals surface area contributed by atoms with Gasteiger partial charge in [0.15, 0.2) is 5.96 Å². The van der Waals surface area contributed by atoms with Crippen LogP contribution in [-0.4, -0.2) is 235 Å². The number of likely N-dealkylation sites (tertiary alicyclic amines) is 1. The third kappa shape index (κ3) is 28.9. The second kappa shape index (κ2) is 43.2. The van der Waals surface area contributed by atoms with Crippen molar-refractivity contribution in [1.82, 2.24) is 73.4 Å². The SMILES string of the molecule is CC[C@H](C)[C@H](NC(=O)[C@@H](N)Cc1cnc[nH]1)C(=O)NCC(=O)N1CCC[C@H]1C(=O)NCC(=O)N[C@@H](CCCN=C(N)N)C(=O)N[C@@H](C)C(=O)N[C@@H](Cc1ccccc1)C(=O)N[C@@H](Cc1ccc(O)cc1)C(=O)N[C@H](C(=O)N[C@H](C(=O)N[C@@H](CCCCN)C(=O)N[C@@H](CC(N)=O)C(=O)O)[C@@H](C)O)[C@@H](C)O. The van der Waals surface area contributed by atoms with Crippen LogP contribution in [0, 0.1) is 5.92 Å². The molecule has 2 heterocycles. The van der Waals surface area contributed by atoms with E-state index < -0.39 is 181 Å². The van der Waals surface area contributed by atoms with Gasteiger partial charge in [0.1, 0.15) is 66.2 Å². The number of benzene rings is 2. The first-order chi connectivity index (χ1) is 49.2. The van der Waals surface area contributed by atoms with E-state index in [9.17, 15) is 87.5 Å². The Morgan fingerprint density at radius 3 is 1.72 bits per heavy atom. The Balaban J connectivity index is 1.49. The number of primary amides is 1. The van der Waals surface area contributed by atoms with E-state index in [4.69, 9.17) is 28.7 Å². The van der Waals surface area contributed by atoms with Gasteiger partial charge in [-0.1, -0.05) is 62.7 Å². The smallest absolute Gasteiger partial charge is 0.326 e. The largest absolute Gasteiger partial charge is 0.508 e. The van der Waals surface area contributed by atoms with Crippen LogP contribution < -0.4 is 87.2 Å². The Labute approximate surface area is 599 Å². The molecule has 0 bridgehead atoms. The number of aliphatic hydroxyl groups is 2.